The molecule has 0 N–H and O–H groups in total. The number of hydrogen-bond acceptors (Lipinski definition) is 2. The molecule has 9 heavy (non-hydrogen) atoms. The molecule has 1 fully saturated rings. The van der Waals surface area contributed by atoms with Gasteiger partial charge in [0.25, 0.3) is 0 Å². The molecule has 0 spiro atoms. The zero-order valence-electron chi connectivity index (χ0n) is 5.93. The first-order valence-electron chi connectivity index (χ1n) is 3.11. The second-order valence-electron chi connectivity index (χ2n) is 2.26. The van der Waals surface area contributed by atoms with E-state index in [1.165, 1.54) is 0 Å². The molecular formula is C6H13INO-. The monoisotopic (exact) mass is 242 g/mol. The van der Waals surface area contributed by atoms with E-state index in [0.29, 0.717) is 25.3 Å². The molecule has 1 unspecified atom stereocenters. The number of morpholine rings is 1. The van der Waals surface area contributed by atoms with Crippen LogP contribution in [-0.4, -0.2) is 40.7 Å². The van der Waals surface area contributed by atoms with Gasteiger partial charge in [0.05, 0.1) is 0 Å². The first-order chi connectivity index (χ1) is 4.33. The second kappa shape index (κ2) is 3.73. The van der Waals surface area contributed by atoms with Gasteiger partial charge in [-0.25, -0.2) is 0 Å². The van der Waals surface area contributed by atoms with Crippen LogP contribution in [0.3, 0.4) is 0 Å². The van der Waals surface area contributed by atoms with Crippen molar-refractivity contribution in [1.82, 2.24) is 4.90 Å². The van der Waals surface area contributed by atoms with E-state index in [-0.39, 0.29) is 0 Å². The van der Waals surface area contributed by atoms with Crippen LogP contribution < -0.4 is 21.2 Å². The number of nitrogens with zero attached hydrogens (tertiary/aromatic N) is 1. The molecule has 0 radical (unpaired) electrons. The molecule has 1 aliphatic rings. The van der Waals surface area contributed by atoms with Gasteiger partial charge >= 0.3 is 66.6 Å². The summed E-state index contributed by atoms with van der Waals surface area (Å²) in [5.41, 5.74) is 0. The van der Waals surface area contributed by atoms with Gasteiger partial charge in [-0.3, -0.25) is 0 Å². The Labute approximate surface area is 66.8 Å². The molecule has 0 aromatic carbocycles. The predicted octanol–water partition coefficient (Wildman–Crippen LogP) is -3.01. The Morgan fingerprint density at radius 1 is 1.67 bits per heavy atom. The van der Waals surface area contributed by atoms with Gasteiger partial charge in [0, 0.05) is 0 Å². The third kappa shape index (κ3) is 2.39. The molecule has 2 nitrogen and oxygen atoms in total. The molecule has 0 aliphatic carbocycles. The zero-order chi connectivity index (χ0) is 6.69. The summed E-state index contributed by atoms with van der Waals surface area (Å²) in [4.78, 5) is 4.63. The van der Waals surface area contributed by atoms with Crippen molar-refractivity contribution in [2.45, 2.75) is 4.11 Å². The Morgan fingerprint density at radius 3 is 2.89 bits per heavy atom. The summed E-state index contributed by atoms with van der Waals surface area (Å²) in [7, 11) is 2.16. The summed E-state index contributed by atoms with van der Waals surface area (Å²) in [6.45, 7) is 3.21. The molecule has 1 aliphatic heterocycles. The van der Waals surface area contributed by atoms with Crippen molar-refractivity contribution in [3.05, 3.63) is 0 Å². The van der Waals surface area contributed by atoms with Crippen molar-refractivity contribution >= 4 is 0 Å². The summed E-state index contributed by atoms with van der Waals surface area (Å²) in [6, 6.07) is 0. The summed E-state index contributed by atoms with van der Waals surface area (Å²) in [6.07, 6.45) is 0. The molecule has 0 bridgehead atoms. The van der Waals surface area contributed by atoms with E-state index in [1.54, 1.807) is 0 Å². The van der Waals surface area contributed by atoms with E-state index >= 15 is 0 Å². The van der Waals surface area contributed by atoms with Gasteiger partial charge in [-0.1, -0.05) is 0 Å². The Morgan fingerprint density at radius 2 is 2.44 bits per heavy atom. The van der Waals surface area contributed by atoms with E-state index in [2.05, 4.69) is 16.9 Å². The fourth-order valence-corrected chi connectivity index (χ4v) is 2.54. The number of rotatable bonds is 1. The minimum atomic E-state index is 0.295. The molecule has 0 amide bonds. The number of alkyl halides is 2. The van der Waals surface area contributed by atoms with Crippen LogP contribution in [-0.2, 0) is 4.74 Å². The molecular weight excluding hydrogens is 229 g/mol. The molecule has 1 saturated heterocycles. The molecule has 56 valence electrons. The van der Waals surface area contributed by atoms with E-state index in [1.807, 2.05) is 0 Å². The first-order valence-corrected chi connectivity index (χ1v) is 6.51. The van der Waals surface area contributed by atoms with Gasteiger partial charge < -0.3 is 0 Å². The van der Waals surface area contributed by atoms with Crippen LogP contribution in [0.4, 0.5) is 0 Å². The quantitative estimate of drug-likeness (QED) is 0.359. The van der Waals surface area contributed by atoms with Crippen LogP contribution in [0.15, 0.2) is 0 Å². The zero-order valence-corrected chi connectivity index (χ0v) is 8.09. The van der Waals surface area contributed by atoms with Crippen LogP contribution in [0.2, 0.25) is 0 Å². The SMILES string of the molecule is C[I-]C1CN(C)CCO1. The molecule has 0 aromatic heterocycles. The average Bonchev–Trinajstić information content (AvgIpc) is 1.88. The topological polar surface area (TPSA) is 12.5 Å². The third-order valence-corrected chi connectivity index (χ3v) is 3.61. The molecule has 1 heterocycles. The standard InChI is InChI=1S/C6H13INO/c1-7-6-5-8(2)3-4-9-6/h6H,3-5H2,1-2H3/q-1. The minimum absolute atomic E-state index is 0.295. The van der Waals surface area contributed by atoms with Crippen molar-refractivity contribution in [2.75, 3.05) is 31.7 Å². The second-order valence-corrected chi connectivity index (χ2v) is 4.90. The van der Waals surface area contributed by atoms with Crippen molar-refractivity contribution in [1.29, 1.82) is 0 Å². The van der Waals surface area contributed by atoms with Gasteiger partial charge in [0.1, 0.15) is 0 Å². The Bertz CT molecular complexity index is 89.1. The first kappa shape index (κ1) is 7.75. The summed E-state index contributed by atoms with van der Waals surface area (Å²) in [5.74, 6) is 0. The molecule has 0 saturated carbocycles. The van der Waals surface area contributed by atoms with E-state index in [9.17, 15) is 0 Å². The molecule has 3 heteroatoms. The van der Waals surface area contributed by atoms with E-state index in [4.69, 9.17) is 4.74 Å². The number of halogens is 1. The average molecular weight is 242 g/mol. The fraction of sp³-hybridized carbons (Fsp3) is 1.00. The van der Waals surface area contributed by atoms with Crippen molar-refractivity contribution in [3.8, 4) is 0 Å². The number of ether oxygens (including phenoxy) is 1. The molecule has 0 aromatic rings. The Kier molecular flexibility index (Phi) is 3.21. The van der Waals surface area contributed by atoms with Crippen LogP contribution >= 0.6 is 0 Å². The fourth-order valence-electron chi connectivity index (χ4n) is 0.857. The third-order valence-electron chi connectivity index (χ3n) is 1.47. The summed E-state index contributed by atoms with van der Waals surface area (Å²) < 4.78 is 6.10. The predicted molar refractivity (Wildman–Crippen MR) is 33.2 cm³/mol. The van der Waals surface area contributed by atoms with Crippen molar-refractivity contribution in [3.63, 3.8) is 0 Å². The van der Waals surface area contributed by atoms with E-state index < -0.39 is 0 Å². The van der Waals surface area contributed by atoms with E-state index in [0.717, 1.165) is 19.7 Å². The van der Waals surface area contributed by atoms with Crippen molar-refractivity contribution in [2.24, 2.45) is 0 Å². The number of likely N-dealkylation sites (N-methyl/N-ethyl adjacent to an activating group) is 1. The maximum absolute atomic E-state index is 5.50. The van der Waals surface area contributed by atoms with Crippen molar-refractivity contribution < 1.29 is 25.9 Å². The molecule has 1 atom stereocenters. The summed E-state index contributed by atoms with van der Waals surface area (Å²) in [5, 5.41) is 0. The number of hydrogen-bond donors (Lipinski definition) is 0. The van der Waals surface area contributed by atoms with Gasteiger partial charge in [-0.2, -0.15) is 0 Å². The molecule has 1 rings (SSSR count). The van der Waals surface area contributed by atoms with Crippen LogP contribution in [0.25, 0.3) is 0 Å². The Balaban J connectivity index is 2.23. The van der Waals surface area contributed by atoms with Gasteiger partial charge in [-0.05, 0) is 0 Å². The Hall–Kier alpha value is 0.650. The van der Waals surface area contributed by atoms with Crippen LogP contribution in [0.1, 0.15) is 0 Å². The summed E-state index contributed by atoms with van der Waals surface area (Å²) >= 11 is 0.295. The van der Waals surface area contributed by atoms with Crippen LogP contribution in [0.5, 0.6) is 0 Å². The normalized spacial score (nSPS) is 31.1. The van der Waals surface area contributed by atoms with Gasteiger partial charge in [0.15, 0.2) is 0 Å². The van der Waals surface area contributed by atoms with Gasteiger partial charge in [0.2, 0.25) is 0 Å². The maximum atomic E-state index is 5.50. The van der Waals surface area contributed by atoms with Gasteiger partial charge in [-0.15, -0.1) is 0 Å². The van der Waals surface area contributed by atoms with Crippen LogP contribution in [0, 0.1) is 0 Å².